The third kappa shape index (κ3) is 4.34. The van der Waals surface area contributed by atoms with Crippen molar-refractivity contribution in [3.63, 3.8) is 0 Å². The average Bonchev–Trinajstić information content (AvgIpc) is 2.59. The first-order valence-corrected chi connectivity index (χ1v) is 8.56. The Bertz CT molecular complexity index is 814. The standard InChI is InChI=1S/C20H20ClNO3/c1-13(2)25-19-6-4-3-5-14(19)11-22-20(23)16-9-15-10-17(21)7-8-18(15)24-12-16/h3-10,13H,11-12H2,1-2H3,(H,22,23). The van der Waals surface area contributed by atoms with Crippen LogP contribution in [0.1, 0.15) is 25.0 Å². The first-order chi connectivity index (χ1) is 12.0. The molecule has 0 saturated heterocycles. The predicted octanol–water partition coefficient (Wildman–Crippen LogP) is 4.22. The number of hydrogen-bond acceptors (Lipinski definition) is 3. The molecule has 2 aromatic carbocycles. The average molecular weight is 358 g/mol. The zero-order valence-corrected chi connectivity index (χ0v) is 15.0. The van der Waals surface area contributed by atoms with Gasteiger partial charge in [0.2, 0.25) is 0 Å². The molecule has 0 unspecified atom stereocenters. The maximum absolute atomic E-state index is 12.5. The molecule has 0 spiro atoms. The largest absolute Gasteiger partial charge is 0.491 e. The van der Waals surface area contributed by atoms with Crippen LogP contribution in [0.2, 0.25) is 5.02 Å². The lowest BCUT2D eigenvalue weighted by Crippen LogP contribution is -2.28. The molecule has 0 bridgehead atoms. The van der Waals surface area contributed by atoms with E-state index in [1.165, 1.54) is 0 Å². The van der Waals surface area contributed by atoms with E-state index in [0.29, 0.717) is 17.1 Å². The number of nitrogens with one attached hydrogen (secondary N) is 1. The molecule has 0 aliphatic carbocycles. The van der Waals surface area contributed by atoms with Crippen LogP contribution in [0.3, 0.4) is 0 Å². The minimum atomic E-state index is -0.162. The Balaban J connectivity index is 1.70. The van der Waals surface area contributed by atoms with Crippen molar-refractivity contribution in [2.24, 2.45) is 0 Å². The Hall–Kier alpha value is -2.46. The number of para-hydroxylation sites is 1. The topological polar surface area (TPSA) is 47.6 Å². The summed E-state index contributed by atoms with van der Waals surface area (Å²) in [5.74, 6) is 1.35. The van der Waals surface area contributed by atoms with Crippen LogP contribution in [0.15, 0.2) is 48.0 Å². The zero-order valence-electron chi connectivity index (χ0n) is 14.2. The number of amides is 1. The fourth-order valence-corrected chi connectivity index (χ4v) is 2.77. The first-order valence-electron chi connectivity index (χ1n) is 8.18. The Kier molecular flexibility index (Phi) is 5.29. The number of carbonyl (C=O) groups excluding carboxylic acids is 1. The van der Waals surface area contributed by atoms with E-state index >= 15 is 0 Å². The second-order valence-electron chi connectivity index (χ2n) is 6.10. The molecule has 0 radical (unpaired) electrons. The zero-order chi connectivity index (χ0) is 17.8. The molecule has 0 fully saturated rings. The van der Waals surface area contributed by atoms with Crippen LogP contribution in [0.4, 0.5) is 0 Å². The fourth-order valence-electron chi connectivity index (χ4n) is 2.59. The normalized spacial score (nSPS) is 12.9. The summed E-state index contributed by atoms with van der Waals surface area (Å²) in [6.45, 7) is 4.58. The van der Waals surface area contributed by atoms with Crippen molar-refractivity contribution in [1.82, 2.24) is 5.32 Å². The van der Waals surface area contributed by atoms with Crippen molar-refractivity contribution in [3.8, 4) is 11.5 Å². The third-order valence-corrected chi connectivity index (χ3v) is 3.99. The molecular formula is C20H20ClNO3. The Morgan fingerprint density at radius 3 is 2.88 bits per heavy atom. The monoisotopic (exact) mass is 357 g/mol. The molecule has 25 heavy (non-hydrogen) atoms. The summed E-state index contributed by atoms with van der Waals surface area (Å²) in [6, 6.07) is 13.1. The number of halogens is 1. The van der Waals surface area contributed by atoms with Crippen LogP contribution in [-0.2, 0) is 11.3 Å². The van der Waals surface area contributed by atoms with E-state index in [-0.39, 0.29) is 18.6 Å². The van der Waals surface area contributed by atoms with E-state index in [9.17, 15) is 4.79 Å². The number of rotatable bonds is 5. The summed E-state index contributed by atoms with van der Waals surface area (Å²) < 4.78 is 11.4. The summed E-state index contributed by atoms with van der Waals surface area (Å²) in [6.07, 6.45) is 1.89. The predicted molar refractivity (Wildman–Crippen MR) is 99.0 cm³/mol. The van der Waals surface area contributed by atoms with Crippen molar-refractivity contribution in [3.05, 3.63) is 64.2 Å². The van der Waals surface area contributed by atoms with Gasteiger partial charge in [-0.1, -0.05) is 29.8 Å². The van der Waals surface area contributed by atoms with Crippen LogP contribution >= 0.6 is 11.6 Å². The molecule has 0 aromatic heterocycles. The molecule has 1 aliphatic rings. The summed E-state index contributed by atoms with van der Waals surface area (Å²) in [5, 5.41) is 3.54. The van der Waals surface area contributed by atoms with E-state index < -0.39 is 0 Å². The minimum absolute atomic E-state index is 0.0764. The highest BCUT2D eigenvalue weighted by Crippen LogP contribution is 2.29. The highest BCUT2D eigenvalue weighted by atomic mass is 35.5. The Morgan fingerprint density at radius 2 is 2.08 bits per heavy atom. The molecular weight excluding hydrogens is 338 g/mol. The molecule has 1 heterocycles. The van der Waals surface area contributed by atoms with E-state index in [2.05, 4.69) is 5.32 Å². The van der Waals surface area contributed by atoms with E-state index in [1.807, 2.05) is 50.3 Å². The van der Waals surface area contributed by atoms with Crippen molar-refractivity contribution in [2.45, 2.75) is 26.5 Å². The van der Waals surface area contributed by atoms with Crippen LogP contribution in [-0.4, -0.2) is 18.6 Å². The van der Waals surface area contributed by atoms with E-state index in [4.69, 9.17) is 21.1 Å². The summed E-state index contributed by atoms with van der Waals surface area (Å²) >= 11 is 6.00. The highest BCUT2D eigenvalue weighted by molar-refractivity contribution is 6.30. The highest BCUT2D eigenvalue weighted by Gasteiger charge is 2.17. The van der Waals surface area contributed by atoms with Gasteiger partial charge < -0.3 is 14.8 Å². The molecule has 130 valence electrons. The van der Waals surface area contributed by atoms with Gasteiger partial charge in [0.05, 0.1) is 11.7 Å². The van der Waals surface area contributed by atoms with E-state index in [1.54, 1.807) is 12.1 Å². The summed E-state index contributed by atoms with van der Waals surface area (Å²) in [7, 11) is 0. The summed E-state index contributed by atoms with van der Waals surface area (Å²) in [5.41, 5.74) is 2.31. The lowest BCUT2D eigenvalue weighted by atomic mass is 10.1. The number of hydrogen-bond donors (Lipinski definition) is 1. The van der Waals surface area contributed by atoms with Gasteiger partial charge in [-0.15, -0.1) is 0 Å². The molecule has 4 nitrogen and oxygen atoms in total. The van der Waals surface area contributed by atoms with Gasteiger partial charge in [-0.3, -0.25) is 4.79 Å². The fraction of sp³-hybridized carbons (Fsp3) is 0.250. The van der Waals surface area contributed by atoms with Crippen molar-refractivity contribution in [2.75, 3.05) is 6.61 Å². The molecule has 3 rings (SSSR count). The van der Waals surface area contributed by atoms with Gasteiger partial charge in [-0.2, -0.15) is 0 Å². The van der Waals surface area contributed by atoms with Crippen LogP contribution < -0.4 is 14.8 Å². The van der Waals surface area contributed by atoms with Gasteiger partial charge in [-0.05, 0) is 44.2 Å². The van der Waals surface area contributed by atoms with Gasteiger partial charge >= 0.3 is 0 Å². The van der Waals surface area contributed by atoms with Gasteiger partial charge in [0.25, 0.3) is 5.91 Å². The number of ether oxygens (including phenoxy) is 2. The maximum atomic E-state index is 12.5. The smallest absolute Gasteiger partial charge is 0.250 e. The lowest BCUT2D eigenvalue weighted by Gasteiger charge is -2.18. The molecule has 1 amide bonds. The SMILES string of the molecule is CC(C)Oc1ccccc1CNC(=O)C1=Cc2cc(Cl)ccc2OC1. The Labute approximate surface area is 152 Å². The number of carbonyl (C=O) groups is 1. The molecule has 0 saturated carbocycles. The second-order valence-corrected chi connectivity index (χ2v) is 6.53. The van der Waals surface area contributed by atoms with Crippen molar-refractivity contribution < 1.29 is 14.3 Å². The maximum Gasteiger partial charge on any atom is 0.250 e. The van der Waals surface area contributed by atoms with Crippen LogP contribution in [0, 0.1) is 0 Å². The summed E-state index contributed by atoms with van der Waals surface area (Å²) in [4.78, 5) is 12.5. The number of fused-ring (bicyclic) bond motifs is 1. The van der Waals surface area contributed by atoms with Gasteiger partial charge in [-0.25, -0.2) is 0 Å². The third-order valence-electron chi connectivity index (χ3n) is 3.75. The Morgan fingerprint density at radius 1 is 1.28 bits per heavy atom. The van der Waals surface area contributed by atoms with Crippen LogP contribution in [0.25, 0.3) is 6.08 Å². The number of benzene rings is 2. The van der Waals surface area contributed by atoms with Crippen LogP contribution in [0.5, 0.6) is 11.5 Å². The van der Waals surface area contributed by atoms with Gasteiger partial charge in [0, 0.05) is 22.7 Å². The molecule has 2 aromatic rings. The lowest BCUT2D eigenvalue weighted by molar-refractivity contribution is -0.117. The van der Waals surface area contributed by atoms with Gasteiger partial charge in [0.15, 0.2) is 0 Å². The van der Waals surface area contributed by atoms with Gasteiger partial charge in [0.1, 0.15) is 18.1 Å². The van der Waals surface area contributed by atoms with Crippen molar-refractivity contribution in [1.29, 1.82) is 0 Å². The molecule has 0 atom stereocenters. The van der Waals surface area contributed by atoms with Crippen molar-refractivity contribution >= 4 is 23.6 Å². The minimum Gasteiger partial charge on any atom is -0.491 e. The van der Waals surface area contributed by atoms with E-state index in [0.717, 1.165) is 22.6 Å². The molecule has 1 aliphatic heterocycles. The molecule has 1 N–H and O–H groups in total. The molecule has 5 heteroatoms. The quantitative estimate of drug-likeness (QED) is 0.871. The first kappa shape index (κ1) is 17.4. The second kappa shape index (κ2) is 7.62.